The Balaban J connectivity index is 5.00. The predicted octanol–water partition coefficient (Wildman–Crippen LogP) is -2.25. The minimum atomic E-state index is -1.54. The molecular formula is C15H28N4O6S2. The standard InChI is InChI=1S/C15H28N4O6S2/c1-6(2)10(16)14(23)18-8(4-26)12(21)17-9(5-27)13(22)19-11(7(3)20)15(24)25/h6-11,20,26-27H,4-5,16H2,1-3H3,(H,17,21)(H,18,23)(H,19,22)(H,24,25). The van der Waals surface area contributed by atoms with E-state index in [1.165, 1.54) is 6.92 Å². The van der Waals surface area contributed by atoms with E-state index in [1.807, 2.05) is 0 Å². The van der Waals surface area contributed by atoms with E-state index in [4.69, 9.17) is 10.8 Å². The summed E-state index contributed by atoms with van der Waals surface area (Å²) in [6, 6.07) is -4.58. The quantitative estimate of drug-likeness (QED) is 0.173. The summed E-state index contributed by atoms with van der Waals surface area (Å²) < 4.78 is 0. The second-order valence-corrected chi connectivity index (χ2v) is 7.05. The van der Waals surface area contributed by atoms with Crippen molar-refractivity contribution in [2.45, 2.75) is 51.0 Å². The number of aliphatic carboxylic acids is 1. The summed E-state index contributed by atoms with van der Waals surface area (Å²) in [5.41, 5.74) is 5.73. The highest BCUT2D eigenvalue weighted by molar-refractivity contribution is 7.80. The smallest absolute Gasteiger partial charge is 0.328 e. The van der Waals surface area contributed by atoms with Crippen molar-refractivity contribution in [2.24, 2.45) is 11.7 Å². The van der Waals surface area contributed by atoms with Gasteiger partial charge in [0.05, 0.1) is 12.1 Å². The number of rotatable bonds is 11. The van der Waals surface area contributed by atoms with Gasteiger partial charge in [-0.05, 0) is 12.8 Å². The van der Waals surface area contributed by atoms with Gasteiger partial charge in [0, 0.05) is 11.5 Å². The molecule has 0 spiro atoms. The van der Waals surface area contributed by atoms with Crippen LogP contribution in [0.1, 0.15) is 20.8 Å². The molecule has 27 heavy (non-hydrogen) atoms. The van der Waals surface area contributed by atoms with E-state index in [2.05, 4.69) is 41.2 Å². The van der Waals surface area contributed by atoms with E-state index in [0.717, 1.165) is 0 Å². The third-order valence-electron chi connectivity index (χ3n) is 3.70. The van der Waals surface area contributed by atoms with E-state index in [0.29, 0.717) is 0 Å². The number of carboxylic acid groups (broad SMARTS) is 1. The lowest BCUT2D eigenvalue weighted by molar-refractivity contribution is -0.145. The lowest BCUT2D eigenvalue weighted by Crippen LogP contribution is -2.59. The number of nitrogens with one attached hydrogen (secondary N) is 3. The van der Waals surface area contributed by atoms with Gasteiger partial charge in [-0.2, -0.15) is 25.3 Å². The minimum Gasteiger partial charge on any atom is -0.480 e. The van der Waals surface area contributed by atoms with E-state index in [1.54, 1.807) is 13.8 Å². The molecule has 0 heterocycles. The summed E-state index contributed by atoms with van der Waals surface area (Å²) >= 11 is 7.99. The molecule has 12 heteroatoms. The van der Waals surface area contributed by atoms with Crippen molar-refractivity contribution >= 4 is 48.9 Å². The summed E-state index contributed by atoms with van der Waals surface area (Å²) in [5, 5.41) is 25.4. The van der Waals surface area contributed by atoms with Crippen LogP contribution < -0.4 is 21.7 Å². The van der Waals surface area contributed by atoms with Gasteiger partial charge in [0.1, 0.15) is 12.1 Å². The van der Waals surface area contributed by atoms with Crippen molar-refractivity contribution in [1.82, 2.24) is 16.0 Å². The third-order valence-corrected chi connectivity index (χ3v) is 4.43. The fourth-order valence-corrected chi connectivity index (χ4v) is 2.39. The van der Waals surface area contributed by atoms with Crippen LogP contribution in [0.15, 0.2) is 0 Å². The second-order valence-electron chi connectivity index (χ2n) is 6.32. The minimum absolute atomic E-state index is 0.0469. The molecule has 7 N–H and O–H groups in total. The van der Waals surface area contributed by atoms with Crippen molar-refractivity contribution in [3.05, 3.63) is 0 Å². The number of carboxylic acids is 1. The van der Waals surface area contributed by atoms with Gasteiger partial charge in [-0.25, -0.2) is 4.79 Å². The number of aliphatic hydroxyl groups excluding tert-OH is 1. The third kappa shape index (κ3) is 8.37. The lowest BCUT2D eigenvalue weighted by atomic mass is 10.0. The zero-order valence-corrected chi connectivity index (χ0v) is 17.2. The van der Waals surface area contributed by atoms with Gasteiger partial charge in [0.2, 0.25) is 17.7 Å². The first kappa shape index (κ1) is 25.5. The Labute approximate surface area is 168 Å². The molecule has 0 saturated carbocycles. The van der Waals surface area contributed by atoms with E-state index in [9.17, 15) is 24.3 Å². The van der Waals surface area contributed by atoms with Gasteiger partial charge in [-0.3, -0.25) is 14.4 Å². The monoisotopic (exact) mass is 424 g/mol. The number of thiol groups is 2. The molecule has 0 fully saturated rings. The number of amides is 3. The van der Waals surface area contributed by atoms with Crippen LogP contribution in [-0.4, -0.2) is 75.7 Å². The van der Waals surface area contributed by atoms with E-state index in [-0.39, 0.29) is 17.4 Å². The van der Waals surface area contributed by atoms with E-state index >= 15 is 0 Å². The van der Waals surface area contributed by atoms with Crippen LogP contribution in [0.4, 0.5) is 0 Å². The summed E-state index contributed by atoms with van der Waals surface area (Å²) in [7, 11) is 0. The van der Waals surface area contributed by atoms with Crippen molar-refractivity contribution < 1.29 is 29.4 Å². The number of nitrogens with two attached hydrogens (primary N) is 1. The van der Waals surface area contributed by atoms with Crippen LogP contribution in [0, 0.1) is 5.92 Å². The Kier molecular flexibility index (Phi) is 11.4. The molecule has 0 aliphatic carbocycles. The highest BCUT2D eigenvalue weighted by atomic mass is 32.1. The maximum absolute atomic E-state index is 12.3. The average molecular weight is 425 g/mol. The first-order valence-corrected chi connectivity index (χ1v) is 9.51. The van der Waals surface area contributed by atoms with Gasteiger partial charge in [0.15, 0.2) is 6.04 Å². The Morgan fingerprint density at radius 3 is 1.63 bits per heavy atom. The highest BCUT2D eigenvalue weighted by Crippen LogP contribution is 2.01. The number of hydrogen-bond acceptors (Lipinski definition) is 8. The Bertz CT molecular complexity index is 546. The summed E-state index contributed by atoms with van der Waals surface area (Å²) in [5.74, 6) is -3.82. The van der Waals surface area contributed by atoms with Crippen LogP contribution in [-0.2, 0) is 19.2 Å². The molecule has 0 aliphatic heterocycles. The lowest BCUT2D eigenvalue weighted by Gasteiger charge is -2.24. The van der Waals surface area contributed by atoms with Crippen LogP contribution in [0.5, 0.6) is 0 Å². The summed E-state index contributed by atoms with van der Waals surface area (Å²) in [4.78, 5) is 47.6. The maximum Gasteiger partial charge on any atom is 0.328 e. The SMILES string of the molecule is CC(C)C(N)C(=O)NC(CS)C(=O)NC(CS)C(=O)NC(C(=O)O)C(C)O. The van der Waals surface area contributed by atoms with Crippen LogP contribution in [0.3, 0.4) is 0 Å². The molecule has 0 rings (SSSR count). The first-order chi connectivity index (χ1) is 12.5. The number of hydrogen-bond donors (Lipinski definition) is 8. The molecule has 0 aromatic rings. The number of carbonyl (C=O) groups excluding carboxylic acids is 3. The van der Waals surface area contributed by atoms with Gasteiger partial charge >= 0.3 is 5.97 Å². The van der Waals surface area contributed by atoms with Crippen LogP contribution in [0.2, 0.25) is 0 Å². The topological polar surface area (TPSA) is 171 Å². The van der Waals surface area contributed by atoms with Crippen molar-refractivity contribution in [2.75, 3.05) is 11.5 Å². The molecule has 5 atom stereocenters. The van der Waals surface area contributed by atoms with Crippen LogP contribution in [0.25, 0.3) is 0 Å². The Morgan fingerprint density at radius 1 is 0.889 bits per heavy atom. The zero-order valence-electron chi connectivity index (χ0n) is 15.4. The molecule has 3 amide bonds. The Hall–Kier alpha value is -1.50. The Morgan fingerprint density at radius 2 is 1.30 bits per heavy atom. The molecule has 0 saturated heterocycles. The first-order valence-electron chi connectivity index (χ1n) is 8.25. The average Bonchev–Trinajstić information content (AvgIpc) is 2.59. The van der Waals surface area contributed by atoms with Crippen molar-refractivity contribution in [3.8, 4) is 0 Å². The highest BCUT2D eigenvalue weighted by Gasteiger charge is 2.31. The molecule has 0 aliphatic rings. The molecule has 5 unspecified atom stereocenters. The molecule has 10 nitrogen and oxygen atoms in total. The maximum atomic E-state index is 12.3. The largest absolute Gasteiger partial charge is 0.480 e. The van der Waals surface area contributed by atoms with Crippen LogP contribution >= 0.6 is 25.3 Å². The molecule has 0 aromatic carbocycles. The summed E-state index contributed by atoms with van der Waals surface area (Å²) in [6.07, 6.45) is -1.34. The fraction of sp³-hybridized carbons (Fsp3) is 0.733. The fourth-order valence-electron chi connectivity index (χ4n) is 1.87. The van der Waals surface area contributed by atoms with Gasteiger partial charge in [-0.15, -0.1) is 0 Å². The number of carbonyl (C=O) groups is 4. The van der Waals surface area contributed by atoms with Gasteiger partial charge < -0.3 is 31.9 Å². The van der Waals surface area contributed by atoms with Crippen molar-refractivity contribution in [1.29, 1.82) is 0 Å². The molecular weight excluding hydrogens is 396 g/mol. The van der Waals surface area contributed by atoms with Gasteiger partial charge in [-0.1, -0.05) is 13.8 Å². The normalized spacial score (nSPS) is 16.6. The molecule has 156 valence electrons. The predicted molar refractivity (Wildman–Crippen MR) is 106 cm³/mol. The van der Waals surface area contributed by atoms with Crippen molar-refractivity contribution in [3.63, 3.8) is 0 Å². The molecule has 0 bridgehead atoms. The number of aliphatic hydroxyl groups is 1. The van der Waals surface area contributed by atoms with Gasteiger partial charge in [0.25, 0.3) is 0 Å². The molecule has 0 aromatic heterocycles. The van der Waals surface area contributed by atoms with E-state index < -0.39 is 54.0 Å². The molecule has 0 radical (unpaired) electrons. The zero-order chi connectivity index (χ0) is 21.3. The summed E-state index contributed by atoms with van der Waals surface area (Å²) in [6.45, 7) is 4.71. The second kappa shape index (κ2) is 12.1.